The SMILES string of the molecule is COCCOC[C@H]1CCN(C(=O)[C@](C)(O)C2CC2)C1. The lowest BCUT2D eigenvalue weighted by atomic mass is 9.99. The number of methoxy groups -OCH3 is 1. The van der Waals surface area contributed by atoms with Crippen LogP contribution < -0.4 is 0 Å². The maximum atomic E-state index is 12.3. The van der Waals surface area contributed by atoms with Gasteiger partial charge in [0, 0.05) is 26.1 Å². The van der Waals surface area contributed by atoms with Crippen LogP contribution in [0.1, 0.15) is 26.2 Å². The van der Waals surface area contributed by atoms with E-state index >= 15 is 0 Å². The van der Waals surface area contributed by atoms with Crippen molar-refractivity contribution in [2.24, 2.45) is 11.8 Å². The Bertz CT molecular complexity index is 315. The number of carbonyl (C=O) groups is 1. The average Bonchev–Trinajstić information content (AvgIpc) is 3.15. The lowest BCUT2D eigenvalue weighted by molar-refractivity contribution is -0.150. The van der Waals surface area contributed by atoms with Crippen LogP contribution in [0.2, 0.25) is 0 Å². The lowest BCUT2D eigenvalue weighted by Crippen LogP contribution is -2.47. The molecule has 0 bridgehead atoms. The van der Waals surface area contributed by atoms with Crippen LogP contribution in [0.5, 0.6) is 0 Å². The fraction of sp³-hybridized carbons (Fsp3) is 0.929. The summed E-state index contributed by atoms with van der Waals surface area (Å²) < 4.78 is 10.4. The van der Waals surface area contributed by atoms with Gasteiger partial charge in [0.05, 0.1) is 19.8 Å². The highest BCUT2D eigenvalue weighted by molar-refractivity contribution is 5.85. The van der Waals surface area contributed by atoms with Gasteiger partial charge in [0.15, 0.2) is 0 Å². The molecule has 0 aromatic heterocycles. The van der Waals surface area contributed by atoms with Crippen molar-refractivity contribution < 1.29 is 19.4 Å². The van der Waals surface area contributed by atoms with Gasteiger partial charge in [0.25, 0.3) is 5.91 Å². The van der Waals surface area contributed by atoms with Gasteiger partial charge in [0.1, 0.15) is 5.60 Å². The van der Waals surface area contributed by atoms with Crippen molar-refractivity contribution in [2.75, 3.05) is 40.0 Å². The van der Waals surface area contributed by atoms with Crippen LogP contribution in [0, 0.1) is 11.8 Å². The Kier molecular flexibility index (Phi) is 4.81. The number of aliphatic hydroxyl groups is 1. The first kappa shape index (κ1) is 14.8. The van der Waals surface area contributed by atoms with Gasteiger partial charge in [-0.05, 0) is 32.1 Å². The van der Waals surface area contributed by atoms with Gasteiger partial charge < -0.3 is 19.5 Å². The summed E-state index contributed by atoms with van der Waals surface area (Å²) in [5, 5.41) is 10.3. The smallest absolute Gasteiger partial charge is 0.254 e. The quantitative estimate of drug-likeness (QED) is 0.691. The zero-order chi connectivity index (χ0) is 13.9. The molecule has 2 aliphatic rings. The molecule has 1 heterocycles. The number of hydrogen-bond acceptors (Lipinski definition) is 4. The number of ether oxygens (including phenoxy) is 2. The van der Waals surface area contributed by atoms with Crippen LogP contribution in [0.3, 0.4) is 0 Å². The largest absolute Gasteiger partial charge is 0.382 e. The number of nitrogens with zero attached hydrogens (tertiary/aromatic N) is 1. The fourth-order valence-corrected chi connectivity index (χ4v) is 2.69. The molecule has 1 N–H and O–H groups in total. The molecule has 1 amide bonds. The van der Waals surface area contributed by atoms with Crippen molar-refractivity contribution in [1.29, 1.82) is 0 Å². The zero-order valence-corrected chi connectivity index (χ0v) is 11.9. The van der Waals surface area contributed by atoms with Crippen molar-refractivity contribution in [1.82, 2.24) is 4.90 Å². The third kappa shape index (κ3) is 3.68. The Balaban J connectivity index is 1.73. The number of hydrogen-bond donors (Lipinski definition) is 1. The summed E-state index contributed by atoms with van der Waals surface area (Å²) in [6.07, 6.45) is 2.89. The third-order valence-electron chi connectivity index (χ3n) is 4.16. The topological polar surface area (TPSA) is 59.0 Å². The highest BCUT2D eigenvalue weighted by Gasteiger charge is 2.48. The van der Waals surface area contributed by atoms with Crippen molar-refractivity contribution in [3.05, 3.63) is 0 Å². The summed E-state index contributed by atoms with van der Waals surface area (Å²) in [7, 11) is 1.65. The maximum absolute atomic E-state index is 12.3. The maximum Gasteiger partial charge on any atom is 0.254 e. The van der Waals surface area contributed by atoms with Gasteiger partial charge in [-0.25, -0.2) is 0 Å². The van der Waals surface area contributed by atoms with E-state index in [9.17, 15) is 9.90 Å². The predicted octanol–water partition coefficient (Wildman–Crippen LogP) is 0.659. The summed E-state index contributed by atoms with van der Waals surface area (Å²) in [4.78, 5) is 14.1. The molecule has 0 radical (unpaired) electrons. The molecule has 5 heteroatoms. The third-order valence-corrected chi connectivity index (χ3v) is 4.16. The molecule has 0 aromatic carbocycles. The van der Waals surface area contributed by atoms with Crippen molar-refractivity contribution in [3.63, 3.8) is 0 Å². The van der Waals surface area contributed by atoms with Crippen LogP contribution >= 0.6 is 0 Å². The summed E-state index contributed by atoms with van der Waals surface area (Å²) in [5.41, 5.74) is -1.16. The van der Waals surface area contributed by atoms with Crippen LogP contribution in [-0.4, -0.2) is 61.5 Å². The van der Waals surface area contributed by atoms with Crippen molar-refractivity contribution in [2.45, 2.75) is 31.8 Å². The van der Waals surface area contributed by atoms with E-state index in [0.717, 1.165) is 25.8 Å². The molecule has 0 aromatic rings. The van der Waals surface area contributed by atoms with Crippen molar-refractivity contribution in [3.8, 4) is 0 Å². The minimum absolute atomic E-state index is 0.102. The Morgan fingerprint density at radius 3 is 2.74 bits per heavy atom. The Hall–Kier alpha value is -0.650. The highest BCUT2D eigenvalue weighted by atomic mass is 16.5. The van der Waals surface area contributed by atoms with E-state index < -0.39 is 5.60 Å². The minimum atomic E-state index is -1.16. The summed E-state index contributed by atoms with van der Waals surface area (Å²) in [6.45, 7) is 4.97. The molecule has 2 fully saturated rings. The molecule has 5 nitrogen and oxygen atoms in total. The molecule has 1 saturated carbocycles. The second-order valence-corrected chi connectivity index (χ2v) is 5.90. The predicted molar refractivity (Wildman–Crippen MR) is 70.7 cm³/mol. The second kappa shape index (κ2) is 6.20. The molecule has 0 spiro atoms. The molecule has 1 aliphatic heterocycles. The Labute approximate surface area is 114 Å². The number of amides is 1. The normalized spacial score (nSPS) is 26.5. The van der Waals surface area contributed by atoms with Crippen molar-refractivity contribution >= 4 is 5.91 Å². The molecule has 0 unspecified atom stereocenters. The molecule has 1 aliphatic carbocycles. The van der Waals surface area contributed by atoms with Gasteiger partial charge in [-0.15, -0.1) is 0 Å². The molecule has 110 valence electrons. The zero-order valence-electron chi connectivity index (χ0n) is 11.9. The van der Waals surface area contributed by atoms with Crippen LogP contribution in [0.25, 0.3) is 0 Å². The van der Waals surface area contributed by atoms with Crippen LogP contribution in [0.15, 0.2) is 0 Å². The standard InChI is InChI=1S/C14H25NO4/c1-14(17,12-3-4-12)13(16)15-6-5-11(9-15)10-19-8-7-18-2/h11-12,17H,3-10H2,1-2H3/t11-,14+/m0/s1. The number of carbonyl (C=O) groups excluding carboxylic acids is 1. The molecular weight excluding hydrogens is 246 g/mol. The van der Waals surface area contributed by atoms with Gasteiger partial charge in [-0.1, -0.05) is 0 Å². The molecule has 2 rings (SSSR count). The average molecular weight is 271 g/mol. The van der Waals surface area contributed by atoms with E-state index in [1.54, 1.807) is 18.9 Å². The number of rotatable bonds is 7. The van der Waals surface area contributed by atoms with Gasteiger partial charge in [-0.3, -0.25) is 4.79 Å². The summed E-state index contributed by atoms with van der Waals surface area (Å²) >= 11 is 0. The van der Waals surface area contributed by atoms with Gasteiger partial charge in [0.2, 0.25) is 0 Å². The van der Waals surface area contributed by atoms with Crippen LogP contribution in [0.4, 0.5) is 0 Å². The second-order valence-electron chi connectivity index (χ2n) is 5.90. The first-order chi connectivity index (χ1) is 9.05. The monoisotopic (exact) mass is 271 g/mol. The van der Waals surface area contributed by atoms with E-state index in [4.69, 9.17) is 9.47 Å². The van der Waals surface area contributed by atoms with E-state index in [1.165, 1.54) is 0 Å². The molecule has 2 atom stereocenters. The summed E-state index contributed by atoms with van der Waals surface area (Å²) in [6, 6.07) is 0. The fourth-order valence-electron chi connectivity index (χ4n) is 2.69. The number of likely N-dealkylation sites (tertiary alicyclic amines) is 1. The van der Waals surface area contributed by atoms with Crippen LogP contribution in [-0.2, 0) is 14.3 Å². The van der Waals surface area contributed by atoms with E-state index in [2.05, 4.69) is 0 Å². The molecule has 19 heavy (non-hydrogen) atoms. The van der Waals surface area contributed by atoms with E-state index in [-0.39, 0.29) is 11.8 Å². The highest BCUT2D eigenvalue weighted by Crippen LogP contribution is 2.41. The van der Waals surface area contributed by atoms with Gasteiger partial charge >= 0.3 is 0 Å². The lowest BCUT2D eigenvalue weighted by Gasteiger charge is -2.28. The Morgan fingerprint density at radius 2 is 2.11 bits per heavy atom. The van der Waals surface area contributed by atoms with E-state index in [1.807, 2.05) is 0 Å². The van der Waals surface area contributed by atoms with Gasteiger partial charge in [-0.2, -0.15) is 0 Å². The first-order valence-electron chi connectivity index (χ1n) is 7.14. The first-order valence-corrected chi connectivity index (χ1v) is 7.14. The molecule has 1 saturated heterocycles. The van der Waals surface area contributed by atoms with E-state index in [0.29, 0.717) is 32.3 Å². The Morgan fingerprint density at radius 1 is 1.37 bits per heavy atom. The molecular formula is C14H25NO4. The minimum Gasteiger partial charge on any atom is -0.382 e. The summed E-state index contributed by atoms with van der Waals surface area (Å²) in [5.74, 6) is 0.446.